The molecule has 0 aliphatic carbocycles. The molecular formula is C24H30N2O4. The zero-order valence-corrected chi connectivity index (χ0v) is 17.7. The fourth-order valence-electron chi connectivity index (χ4n) is 3.39. The molecule has 6 nitrogen and oxygen atoms in total. The Hall–Kier alpha value is -3.02. The van der Waals surface area contributed by atoms with Gasteiger partial charge in [-0.1, -0.05) is 49.7 Å². The minimum atomic E-state index is -0.536. The second kappa shape index (κ2) is 10.7. The number of nitrogens with zero attached hydrogens (tertiary/aromatic N) is 1. The van der Waals surface area contributed by atoms with Crippen LogP contribution in [0.25, 0.3) is 0 Å². The fraction of sp³-hybridized carbons (Fsp3) is 0.417. The van der Waals surface area contributed by atoms with E-state index in [4.69, 9.17) is 9.47 Å². The molecule has 1 aliphatic rings. The van der Waals surface area contributed by atoms with Gasteiger partial charge in [-0.05, 0) is 43.0 Å². The molecule has 0 spiro atoms. The first-order valence-corrected chi connectivity index (χ1v) is 10.6. The summed E-state index contributed by atoms with van der Waals surface area (Å²) in [5.74, 6) is 1.28. The first-order valence-electron chi connectivity index (χ1n) is 10.6. The number of unbranched alkanes of at least 4 members (excludes halogenated alkanes) is 1. The van der Waals surface area contributed by atoms with Gasteiger partial charge in [0.25, 0.3) is 0 Å². The molecule has 2 aromatic carbocycles. The van der Waals surface area contributed by atoms with E-state index < -0.39 is 6.04 Å². The number of carbonyl (C=O) groups excluding carboxylic acids is 2. The molecule has 1 atom stereocenters. The Balaban J connectivity index is 1.66. The van der Waals surface area contributed by atoms with E-state index in [-0.39, 0.29) is 18.6 Å². The quantitative estimate of drug-likeness (QED) is 0.607. The first kappa shape index (κ1) is 21.7. The topological polar surface area (TPSA) is 67.9 Å². The average molecular weight is 411 g/mol. The molecule has 0 unspecified atom stereocenters. The van der Waals surface area contributed by atoms with Crippen LogP contribution in [0.3, 0.4) is 0 Å². The molecule has 0 aromatic heterocycles. The molecular weight excluding hydrogens is 380 g/mol. The van der Waals surface area contributed by atoms with Gasteiger partial charge in [0.2, 0.25) is 18.6 Å². The van der Waals surface area contributed by atoms with Gasteiger partial charge in [0.1, 0.15) is 6.04 Å². The molecule has 0 radical (unpaired) electrons. The molecule has 30 heavy (non-hydrogen) atoms. The van der Waals surface area contributed by atoms with Crippen molar-refractivity contribution in [3.8, 4) is 11.5 Å². The van der Waals surface area contributed by atoms with E-state index in [0.717, 1.165) is 29.7 Å². The largest absolute Gasteiger partial charge is 0.454 e. The van der Waals surface area contributed by atoms with Crippen molar-refractivity contribution in [2.45, 2.75) is 52.1 Å². The molecule has 0 saturated heterocycles. The lowest BCUT2D eigenvalue weighted by Gasteiger charge is -2.29. The summed E-state index contributed by atoms with van der Waals surface area (Å²) in [6, 6.07) is 15.0. The summed E-state index contributed by atoms with van der Waals surface area (Å²) in [4.78, 5) is 27.4. The standard InChI is InChI=1S/C24H30N2O4/c1-3-4-14-25-24(28)18(2)26(16-20-8-6-5-7-9-20)23(27)13-11-19-10-12-21-22(15-19)30-17-29-21/h5-10,12,15,18H,3-4,11,13-14,16-17H2,1-2H3,(H,25,28)/t18-/m1/s1. The van der Waals surface area contributed by atoms with Crippen molar-refractivity contribution < 1.29 is 19.1 Å². The third-order valence-corrected chi connectivity index (χ3v) is 5.26. The van der Waals surface area contributed by atoms with Crippen LogP contribution in [0.2, 0.25) is 0 Å². The molecule has 0 fully saturated rings. The van der Waals surface area contributed by atoms with Crippen molar-refractivity contribution in [1.29, 1.82) is 0 Å². The Bertz CT molecular complexity index is 854. The summed E-state index contributed by atoms with van der Waals surface area (Å²) in [5, 5.41) is 2.94. The van der Waals surface area contributed by atoms with Crippen molar-refractivity contribution >= 4 is 11.8 Å². The maximum absolute atomic E-state index is 13.1. The smallest absolute Gasteiger partial charge is 0.242 e. The Morgan fingerprint density at radius 3 is 2.60 bits per heavy atom. The first-order chi connectivity index (χ1) is 14.6. The molecule has 160 valence electrons. The lowest BCUT2D eigenvalue weighted by atomic mass is 10.1. The van der Waals surface area contributed by atoms with Crippen molar-refractivity contribution in [1.82, 2.24) is 10.2 Å². The summed E-state index contributed by atoms with van der Waals surface area (Å²) in [6.07, 6.45) is 2.83. The van der Waals surface area contributed by atoms with Crippen LogP contribution in [0.1, 0.15) is 44.2 Å². The molecule has 0 bridgehead atoms. The second-order valence-electron chi connectivity index (χ2n) is 7.52. The molecule has 1 N–H and O–H groups in total. The summed E-state index contributed by atoms with van der Waals surface area (Å²) in [5.41, 5.74) is 2.01. The van der Waals surface area contributed by atoms with Gasteiger partial charge in [0.15, 0.2) is 11.5 Å². The van der Waals surface area contributed by atoms with E-state index in [1.54, 1.807) is 11.8 Å². The van der Waals surface area contributed by atoms with Crippen LogP contribution in [-0.4, -0.2) is 36.1 Å². The number of benzene rings is 2. The zero-order valence-electron chi connectivity index (χ0n) is 17.7. The highest BCUT2D eigenvalue weighted by Crippen LogP contribution is 2.32. The minimum Gasteiger partial charge on any atom is -0.454 e. The molecule has 1 heterocycles. The van der Waals surface area contributed by atoms with Gasteiger partial charge in [-0.25, -0.2) is 0 Å². The Labute approximate surface area is 178 Å². The van der Waals surface area contributed by atoms with Crippen molar-refractivity contribution in [2.75, 3.05) is 13.3 Å². The average Bonchev–Trinajstić information content (AvgIpc) is 3.24. The molecule has 0 saturated carbocycles. The number of amides is 2. The third kappa shape index (κ3) is 5.75. The predicted molar refractivity (Wildman–Crippen MR) is 115 cm³/mol. The molecule has 3 rings (SSSR count). The SMILES string of the molecule is CCCCNC(=O)[C@@H](C)N(Cc1ccccc1)C(=O)CCc1ccc2c(c1)OCO2. The minimum absolute atomic E-state index is 0.0466. The van der Waals surface area contributed by atoms with Gasteiger partial charge < -0.3 is 19.7 Å². The van der Waals surface area contributed by atoms with Crippen LogP contribution in [0.5, 0.6) is 11.5 Å². The van der Waals surface area contributed by atoms with Crippen molar-refractivity contribution in [2.24, 2.45) is 0 Å². The van der Waals surface area contributed by atoms with E-state index in [1.807, 2.05) is 48.5 Å². The van der Waals surface area contributed by atoms with E-state index in [9.17, 15) is 9.59 Å². The zero-order chi connectivity index (χ0) is 21.3. The monoisotopic (exact) mass is 410 g/mol. The highest BCUT2D eigenvalue weighted by atomic mass is 16.7. The van der Waals surface area contributed by atoms with Gasteiger partial charge >= 0.3 is 0 Å². The van der Waals surface area contributed by atoms with Crippen LogP contribution in [0, 0.1) is 0 Å². The summed E-state index contributed by atoms with van der Waals surface area (Å²) < 4.78 is 10.8. The van der Waals surface area contributed by atoms with Gasteiger partial charge in [-0.2, -0.15) is 0 Å². The van der Waals surface area contributed by atoms with Crippen molar-refractivity contribution in [3.05, 3.63) is 59.7 Å². The Morgan fingerprint density at radius 2 is 1.83 bits per heavy atom. The summed E-state index contributed by atoms with van der Waals surface area (Å²) >= 11 is 0. The van der Waals surface area contributed by atoms with Gasteiger partial charge in [-0.3, -0.25) is 9.59 Å². The normalized spacial score (nSPS) is 13.0. The highest BCUT2D eigenvalue weighted by molar-refractivity contribution is 5.87. The number of carbonyl (C=O) groups is 2. The van der Waals surface area contributed by atoms with E-state index in [1.165, 1.54) is 0 Å². The predicted octanol–water partition coefficient (Wildman–Crippen LogP) is 3.68. The van der Waals surface area contributed by atoms with Gasteiger partial charge in [-0.15, -0.1) is 0 Å². The number of hydrogen-bond acceptors (Lipinski definition) is 4. The van der Waals surface area contributed by atoms with E-state index in [2.05, 4.69) is 12.2 Å². The number of hydrogen-bond donors (Lipinski definition) is 1. The number of fused-ring (bicyclic) bond motifs is 1. The van der Waals surface area contributed by atoms with Gasteiger partial charge in [0, 0.05) is 19.5 Å². The summed E-state index contributed by atoms with van der Waals surface area (Å²) in [7, 11) is 0. The summed E-state index contributed by atoms with van der Waals surface area (Å²) in [6.45, 7) is 5.14. The van der Waals surface area contributed by atoms with Crippen LogP contribution in [0.15, 0.2) is 48.5 Å². The lowest BCUT2D eigenvalue weighted by Crippen LogP contribution is -2.47. The Kier molecular flexibility index (Phi) is 7.71. The molecule has 1 aliphatic heterocycles. The molecule has 6 heteroatoms. The second-order valence-corrected chi connectivity index (χ2v) is 7.52. The molecule has 2 amide bonds. The fourth-order valence-corrected chi connectivity index (χ4v) is 3.39. The number of aryl methyl sites for hydroxylation is 1. The third-order valence-electron chi connectivity index (χ3n) is 5.26. The van der Waals surface area contributed by atoms with Crippen molar-refractivity contribution in [3.63, 3.8) is 0 Å². The maximum atomic E-state index is 13.1. The van der Waals surface area contributed by atoms with Crippen LogP contribution in [-0.2, 0) is 22.6 Å². The number of rotatable bonds is 10. The Morgan fingerprint density at radius 1 is 1.07 bits per heavy atom. The maximum Gasteiger partial charge on any atom is 0.242 e. The van der Waals surface area contributed by atoms with Crippen LogP contribution in [0.4, 0.5) is 0 Å². The van der Waals surface area contributed by atoms with E-state index >= 15 is 0 Å². The van der Waals surface area contributed by atoms with Crippen LogP contribution >= 0.6 is 0 Å². The highest BCUT2D eigenvalue weighted by Gasteiger charge is 2.26. The number of nitrogens with one attached hydrogen (secondary N) is 1. The van der Waals surface area contributed by atoms with E-state index in [0.29, 0.717) is 31.7 Å². The lowest BCUT2D eigenvalue weighted by molar-refractivity contribution is -0.140. The van der Waals surface area contributed by atoms with Gasteiger partial charge in [0.05, 0.1) is 0 Å². The van der Waals surface area contributed by atoms with Crippen LogP contribution < -0.4 is 14.8 Å². The number of ether oxygens (including phenoxy) is 2. The molecule has 2 aromatic rings.